The van der Waals surface area contributed by atoms with Crippen LogP contribution in [-0.4, -0.2) is 22.0 Å². The lowest BCUT2D eigenvalue weighted by Crippen LogP contribution is -1.81. The lowest BCUT2D eigenvalue weighted by Gasteiger charge is -1.94. The molecule has 0 unspecified atom stereocenters. The fourth-order valence-corrected chi connectivity index (χ4v) is 2.53. The van der Waals surface area contributed by atoms with Crippen LogP contribution in [0.5, 0.6) is 0 Å². The maximum absolute atomic E-state index is 8.55. The Hall–Kier alpha value is -1.37. The largest absolute Gasteiger partial charge is 0.384 e. The van der Waals surface area contributed by atoms with Gasteiger partial charge in [0.15, 0.2) is 0 Å². The third-order valence-corrected chi connectivity index (χ3v) is 3.29. The number of aryl methyl sites for hydroxylation is 1. The smallest absolute Gasteiger partial charge is 0.104 e. The number of hydrogen-bond acceptors (Lipinski definition) is 2. The van der Waals surface area contributed by atoms with Crippen molar-refractivity contribution >= 4 is 22.7 Å². The highest BCUT2D eigenvalue weighted by Gasteiger charge is 2.04. The zero-order valence-electron chi connectivity index (χ0n) is 9.10. The van der Waals surface area contributed by atoms with Crippen LogP contribution < -0.4 is 0 Å². The molecule has 0 aliphatic heterocycles. The molecule has 1 aromatic carbocycles. The molecule has 16 heavy (non-hydrogen) atoms. The Morgan fingerprint density at radius 3 is 2.94 bits per heavy atom. The first-order valence-corrected chi connectivity index (χ1v) is 6.05. The summed E-state index contributed by atoms with van der Waals surface area (Å²) in [6, 6.07) is 8.32. The van der Waals surface area contributed by atoms with Gasteiger partial charge >= 0.3 is 0 Å². The van der Waals surface area contributed by atoms with Crippen molar-refractivity contribution in [3.05, 3.63) is 30.5 Å². The molecule has 0 fully saturated rings. The molecule has 1 aromatic heterocycles. The zero-order chi connectivity index (χ0) is 11.4. The predicted octanol–water partition coefficient (Wildman–Crippen LogP) is 2.27. The number of nitrogens with zero attached hydrogens (tertiary/aromatic N) is 1. The maximum atomic E-state index is 8.55. The van der Waals surface area contributed by atoms with E-state index in [1.165, 1.54) is 15.8 Å². The van der Waals surface area contributed by atoms with Crippen molar-refractivity contribution < 1.29 is 5.11 Å². The van der Waals surface area contributed by atoms with Crippen molar-refractivity contribution in [1.82, 2.24) is 4.57 Å². The zero-order valence-corrected chi connectivity index (χ0v) is 9.92. The molecular formula is C13H13NOS. The molecular weight excluding hydrogens is 218 g/mol. The van der Waals surface area contributed by atoms with Gasteiger partial charge in [-0.2, -0.15) is 0 Å². The number of rotatable bonds is 2. The van der Waals surface area contributed by atoms with Gasteiger partial charge in [-0.3, -0.25) is 0 Å². The van der Waals surface area contributed by atoms with E-state index in [0.717, 1.165) is 0 Å². The van der Waals surface area contributed by atoms with E-state index in [9.17, 15) is 0 Å². The molecule has 0 atom stereocenters. The van der Waals surface area contributed by atoms with Gasteiger partial charge in [-0.25, -0.2) is 0 Å². The summed E-state index contributed by atoms with van der Waals surface area (Å²) >= 11 is 1.71. The van der Waals surface area contributed by atoms with E-state index in [1.807, 2.05) is 19.2 Å². The molecule has 0 aliphatic carbocycles. The molecule has 0 aliphatic rings. The average Bonchev–Trinajstić information content (AvgIpc) is 2.63. The molecule has 0 saturated heterocycles. The molecule has 0 bridgehead atoms. The third-order valence-electron chi connectivity index (χ3n) is 2.36. The van der Waals surface area contributed by atoms with Gasteiger partial charge in [0.2, 0.25) is 0 Å². The minimum Gasteiger partial charge on any atom is -0.384 e. The summed E-state index contributed by atoms with van der Waals surface area (Å²) in [6.07, 6.45) is 2.12. The molecule has 2 nitrogen and oxygen atoms in total. The fourth-order valence-electron chi connectivity index (χ4n) is 1.64. The highest BCUT2D eigenvalue weighted by Crippen LogP contribution is 2.28. The van der Waals surface area contributed by atoms with Gasteiger partial charge in [0, 0.05) is 29.0 Å². The second kappa shape index (κ2) is 5.11. The second-order valence-electron chi connectivity index (χ2n) is 3.42. The van der Waals surface area contributed by atoms with Crippen LogP contribution in [0.2, 0.25) is 0 Å². The monoisotopic (exact) mass is 231 g/mol. The second-order valence-corrected chi connectivity index (χ2v) is 4.44. The summed E-state index contributed by atoms with van der Waals surface area (Å²) in [5.74, 6) is 6.28. The first kappa shape index (κ1) is 11.1. The number of fused-ring (bicyclic) bond motifs is 1. The molecule has 2 rings (SSSR count). The summed E-state index contributed by atoms with van der Waals surface area (Å²) in [4.78, 5) is 1.24. The highest BCUT2D eigenvalue weighted by atomic mass is 32.2. The summed E-state index contributed by atoms with van der Waals surface area (Å²) in [5.41, 5.74) is 1.24. The van der Waals surface area contributed by atoms with Crippen LogP contribution in [-0.2, 0) is 7.05 Å². The Bertz CT molecular complexity index is 548. The summed E-state index contributed by atoms with van der Waals surface area (Å²) in [5, 5.41) is 9.82. The van der Waals surface area contributed by atoms with Gasteiger partial charge in [-0.1, -0.05) is 30.0 Å². The molecule has 82 valence electrons. The first-order chi connectivity index (χ1) is 7.83. The van der Waals surface area contributed by atoms with Crippen LogP contribution in [0.25, 0.3) is 10.9 Å². The molecule has 0 radical (unpaired) electrons. The first-order valence-electron chi connectivity index (χ1n) is 5.06. The standard InChI is InChI=1S/C13H13NOS/c1-14-10-13(16-9-5-4-8-15)11-6-2-3-7-12(11)14/h2-3,6-7,10,15H,8-9H2,1H3. The van der Waals surface area contributed by atoms with Crippen molar-refractivity contribution in [2.75, 3.05) is 12.4 Å². The van der Waals surface area contributed by atoms with Crippen molar-refractivity contribution in [3.63, 3.8) is 0 Å². The van der Waals surface area contributed by atoms with E-state index >= 15 is 0 Å². The Kier molecular flexibility index (Phi) is 3.55. The van der Waals surface area contributed by atoms with Crippen molar-refractivity contribution in [3.8, 4) is 11.8 Å². The Balaban J connectivity index is 2.24. The van der Waals surface area contributed by atoms with Gasteiger partial charge in [0.25, 0.3) is 0 Å². The SMILES string of the molecule is Cn1cc(SCC#CCO)c2ccccc21. The van der Waals surface area contributed by atoms with E-state index in [-0.39, 0.29) is 6.61 Å². The van der Waals surface area contributed by atoms with Gasteiger partial charge in [0.1, 0.15) is 6.61 Å². The number of hydrogen-bond donors (Lipinski definition) is 1. The normalized spacial score (nSPS) is 10.1. The van der Waals surface area contributed by atoms with Crippen molar-refractivity contribution in [2.24, 2.45) is 7.05 Å². The number of benzene rings is 1. The summed E-state index contributed by atoms with van der Waals surface area (Å²) < 4.78 is 2.12. The van der Waals surface area contributed by atoms with Gasteiger partial charge in [-0.15, -0.1) is 11.8 Å². The molecule has 1 N–H and O–H groups in total. The Labute approximate surface area is 99.3 Å². The highest BCUT2D eigenvalue weighted by molar-refractivity contribution is 7.99. The van der Waals surface area contributed by atoms with Crippen LogP contribution in [0.4, 0.5) is 0 Å². The summed E-state index contributed by atoms with van der Waals surface area (Å²) in [7, 11) is 2.05. The average molecular weight is 231 g/mol. The number of thioether (sulfide) groups is 1. The number of aliphatic hydroxyl groups excluding tert-OH is 1. The van der Waals surface area contributed by atoms with E-state index in [0.29, 0.717) is 5.75 Å². The lowest BCUT2D eigenvalue weighted by atomic mass is 10.2. The maximum Gasteiger partial charge on any atom is 0.104 e. The summed E-state index contributed by atoms with van der Waals surface area (Å²) in [6.45, 7) is -0.0594. The van der Waals surface area contributed by atoms with Crippen LogP contribution in [0.1, 0.15) is 0 Å². The molecule has 2 aromatic rings. The van der Waals surface area contributed by atoms with E-state index < -0.39 is 0 Å². The van der Waals surface area contributed by atoms with Crippen LogP contribution in [0.15, 0.2) is 35.4 Å². The quantitative estimate of drug-likeness (QED) is 0.633. The number of aliphatic hydroxyl groups is 1. The molecule has 3 heteroatoms. The van der Waals surface area contributed by atoms with Crippen molar-refractivity contribution in [2.45, 2.75) is 4.90 Å². The van der Waals surface area contributed by atoms with Gasteiger partial charge in [0.05, 0.1) is 5.75 Å². The number of aromatic nitrogens is 1. The fraction of sp³-hybridized carbons (Fsp3) is 0.231. The van der Waals surface area contributed by atoms with Crippen LogP contribution in [0, 0.1) is 11.8 Å². The van der Waals surface area contributed by atoms with Crippen molar-refractivity contribution in [1.29, 1.82) is 0 Å². The van der Waals surface area contributed by atoms with Gasteiger partial charge < -0.3 is 9.67 Å². The van der Waals surface area contributed by atoms with E-state index in [1.54, 1.807) is 11.8 Å². The van der Waals surface area contributed by atoms with Gasteiger partial charge in [-0.05, 0) is 6.07 Å². The Morgan fingerprint density at radius 2 is 2.12 bits per heavy atom. The minimum atomic E-state index is -0.0594. The lowest BCUT2D eigenvalue weighted by molar-refractivity contribution is 0.350. The topological polar surface area (TPSA) is 25.2 Å². The number of para-hydroxylation sites is 1. The molecule has 1 heterocycles. The van der Waals surface area contributed by atoms with E-state index in [2.05, 4.69) is 34.7 Å². The molecule has 0 spiro atoms. The Morgan fingerprint density at radius 1 is 1.31 bits per heavy atom. The van der Waals surface area contributed by atoms with E-state index in [4.69, 9.17) is 5.11 Å². The third kappa shape index (κ3) is 2.24. The van der Waals surface area contributed by atoms with Crippen LogP contribution >= 0.6 is 11.8 Å². The molecule has 0 amide bonds. The predicted molar refractivity (Wildman–Crippen MR) is 68.5 cm³/mol. The van der Waals surface area contributed by atoms with Crippen LogP contribution in [0.3, 0.4) is 0 Å². The minimum absolute atomic E-state index is 0.0594. The molecule has 0 saturated carbocycles.